The summed E-state index contributed by atoms with van der Waals surface area (Å²) in [6.07, 6.45) is 0. The van der Waals surface area contributed by atoms with Crippen LogP contribution in [0.3, 0.4) is 0 Å². The Kier molecular flexibility index (Phi) is 7.56. The van der Waals surface area contributed by atoms with Crippen molar-refractivity contribution in [1.82, 2.24) is 0 Å². The maximum Gasteiger partial charge on any atom is 0.338 e. The number of para-hydroxylation sites is 1. The quantitative estimate of drug-likeness (QED) is 0.498. The van der Waals surface area contributed by atoms with E-state index in [0.29, 0.717) is 5.69 Å². The number of ether oxygens (including phenoxy) is 3. The second-order valence-corrected chi connectivity index (χ2v) is 5.67. The first-order chi connectivity index (χ1) is 14.0. The van der Waals surface area contributed by atoms with Gasteiger partial charge in [-0.15, -0.1) is 0 Å². The zero-order valence-corrected chi connectivity index (χ0v) is 15.7. The zero-order valence-electron chi connectivity index (χ0n) is 15.7. The van der Waals surface area contributed by atoms with Crippen LogP contribution in [0.5, 0.6) is 11.5 Å². The first kappa shape index (κ1) is 21.2. The van der Waals surface area contributed by atoms with Gasteiger partial charge in [-0.05, 0) is 30.3 Å². The Morgan fingerprint density at radius 2 is 1.79 bits per heavy atom. The van der Waals surface area contributed by atoms with Gasteiger partial charge in [0, 0.05) is 5.69 Å². The average molecular weight is 397 g/mol. The fourth-order valence-electron chi connectivity index (χ4n) is 2.35. The van der Waals surface area contributed by atoms with Crippen LogP contribution in [0.1, 0.15) is 10.4 Å². The molecule has 0 fully saturated rings. The molecule has 2 rings (SSSR count). The third-order valence-electron chi connectivity index (χ3n) is 3.69. The lowest BCUT2D eigenvalue weighted by Gasteiger charge is -2.19. The normalized spacial score (nSPS) is 9.79. The number of benzene rings is 2. The van der Waals surface area contributed by atoms with E-state index in [9.17, 15) is 14.4 Å². The van der Waals surface area contributed by atoms with Crippen molar-refractivity contribution < 1.29 is 28.6 Å². The lowest BCUT2D eigenvalue weighted by Crippen LogP contribution is -2.35. The molecule has 2 aromatic rings. The molecule has 150 valence electrons. The van der Waals surface area contributed by atoms with Crippen LogP contribution in [0, 0.1) is 11.3 Å². The second-order valence-electron chi connectivity index (χ2n) is 5.67. The third kappa shape index (κ3) is 5.97. The predicted octanol–water partition coefficient (Wildman–Crippen LogP) is 1.27. The molecule has 0 bridgehead atoms. The monoisotopic (exact) mass is 397 g/mol. The minimum Gasteiger partial charge on any atom is -0.493 e. The van der Waals surface area contributed by atoms with Gasteiger partial charge in [0.15, 0.2) is 24.7 Å². The molecule has 2 amide bonds. The van der Waals surface area contributed by atoms with E-state index in [-0.39, 0.29) is 30.2 Å². The summed E-state index contributed by atoms with van der Waals surface area (Å²) in [5.74, 6) is -1.54. The largest absolute Gasteiger partial charge is 0.493 e. The summed E-state index contributed by atoms with van der Waals surface area (Å²) in [5.41, 5.74) is 5.67. The highest BCUT2D eigenvalue weighted by atomic mass is 16.5. The Labute approximate surface area is 167 Å². The molecule has 0 aliphatic heterocycles. The van der Waals surface area contributed by atoms with E-state index in [1.54, 1.807) is 30.3 Å². The molecule has 0 radical (unpaired) electrons. The zero-order chi connectivity index (χ0) is 21.2. The van der Waals surface area contributed by atoms with Gasteiger partial charge in [0.25, 0.3) is 11.8 Å². The number of primary amides is 1. The second kappa shape index (κ2) is 10.3. The van der Waals surface area contributed by atoms with E-state index >= 15 is 0 Å². The van der Waals surface area contributed by atoms with E-state index in [4.69, 9.17) is 25.2 Å². The lowest BCUT2D eigenvalue weighted by atomic mass is 10.2. The van der Waals surface area contributed by atoms with Gasteiger partial charge in [-0.25, -0.2) is 4.79 Å². The van der Waals surface area contributed by atoms with E-state index in [2.05, 4.69) is 0 Å². The molecular formula is C20H19N3O6. The number of nitrogens with two attached hydrogens (primary N) is 1. The summed E-state index contributed by atoms with van der Waals surface area (Å²) < 4.78 is 15.4. The van der Waals surface area contributed by atoms with Crippen LogP contribution in [0.2, 0.25) is 0 Å². The molecule has 2 N–H and O–H groups in total. The van der Waals surface area contributed by atoms with E-state index in [1.807, 2.05) is 6.07 Å². The first-order valence-electron chi connectivity index (χ1n) is 8.45. The van der Waals surface area contributed by atoms with Gasteiger partial charge >= 0.3 is 5.97 Å². The number of nitriles is 1. The number of carbonyl (C=O) groups excluding carboxylic acids is 3. The van der Waals surface area contributed by atoms with Crippen LogP contribution in [0.15, 0.2) is 48.5 Å². The molecule has 0 atom stereocenters. The molecule has 2 aromatic carbocycles. The standard InChI is InChI=1S/C20H19N3O6/c1-27-17-11-14(7-8-16(17)28-12-18(22)24)20(26)29-13-19(25)23(10-9-21)15-5-3-2-4-6-15/h2-8,11H,10,12-13H2,1H3,(H2,22,24). The number of methoxy groups -OCH3 is 1. The van der Waals surface area contributed by atoms with Crippen LogP contribution < -0.4 is 20.1 Å². The molecule has 0 saturated heterocycles. The Balaban J connectivity index is 2.05. The van der Waals surface area contributed by atoms with Crippen molar-refractivity contribution in [3.8, 4) is 17.6 Å². The SMILES string of the molecule is COc1cc(C(=O)OCC(=O)N(CC#N)c2ccccc2)ccc1OCC(N)=O. The van der Waals surface area contributed by atoms with E-state index in [1.165, 1.54) is 30.2 Å². The molecule has 0 aromatic heterocycles. The molecule has 0 saturated carbocycles. The van der Waals surface area contributed by atoms with E-state index in [0.717, 1.165) is 0 Å². The maximum absolute atomic E-state index is 12.4. The Morgan fingerprint density at radius 1 is 1.07 bits per heavy atom. The Hall–Kier alpha value is -4.06. The summed E-state index contributed by atoms with van der Waals surface area (Å²) >= 11 is 0. The molecule has 9 nitrogen and oxygen atoms in total. The summed E-state index contributed by atoms with van der Waals surface area (Å²) in [5, 5.41) is 8.96. The topological polar surface area (TPSA) is 132 Å². The van der Waals surface area contributed by atoms with Crippen molar-refractivity contribution in [2.75, 3.05) is 31.8 Å². The highest BCUT2D eigenvalue weighted by molar-refractivity contribution is 5.97. The van der Waals surface area contributed by atoms with Crippen LogP contribution in [-0.2, 0) is 14.3 Å². The minimum absolute atomic E-state index is 0.118. The minimum atomic E-state index is -0.761. The van der Waals surface area contributed by atoms with Crippen LogP contribution in [0.25, 0.3) is 0 Å². The lowest BCUT2D eigenvalue weighted by molar-refractivity contribution is -0.121. The number of rotatable bonds is 9. The van der Waals surface area contributed by atoms with Crippen LogP contribution in [0.4, 0.5) is 5.69 Å². The van der Waals surface area contributed by atoms with Gasteiger partial charge in [0.2, 0.25) is 0 Å². The van der Waals surface area contributed by atoms with Gasteiger partial charge in [0.05, 0.1) is 18.7 Å². The third-order valence-corrected chi connectivity index (χ3v) is 3.69. The number of hydrogen-bond donors (Lipinski definition) is 1. The van der Waals surface area contributed by atoms with Crippen molar-refractivity contribution >= 4 is 23.5 Å². The van der Waals surface area contributed by atoms with Crippen molar-refractivity contribution in [1.29, 1.82) is 5.26 Å². The van der Waals surface area contributed by atoms with Crippen LogP contribution in [-0.4, -0.2) is 44.7 Å². The number of carbonyl (C=O) groups is 3. The van der Waals surface area contributed by atoms with Crippen molar-refractivity contribution in [2.24, 2.45) is 5.73 Å². The van der Waals surface area contributed by atoms with Crippen molar-refractivity contribution in [3.05, 3.63) is 54.1 Å². The van der Waals surface area contributed by atoms with Gasteiger partial charge in [-0.3, -0.25) is 14.5 Å². The van der Waals surface area contributed by atoms with Crippen molar-refractivity contribution in [3.63, 3.8) is 0 Å². The van der Waals surface area contributed by atoms with Gasteiger partial charge in [-0.2, -0.15) is 5.26 Å². The maximum atomic E-state index is 12.4. The summed E-state index contributed by atoms with van der Waals surface area (Å²) in [6.45, 7) is -1.07. The first-order valence-corrected chi connectivity index (χ1v) is 8.45. The van der Waals surface area contributed by atoms with Crippen LogP contribution >= 0.6 is 0 Å². The average Bonchev–Trinajstić information content (AvgIpc) is 2.74. The predicted molar refractivity (Wildman–Crippen MR) is 102 cm³/mol. The fourth-order valence-corrected chi connectivity index (χ4v) is 2.35. The van der Waals surface area contributed by atoms with E-state index < -0.39 is 24.4 Å². The molecule has 0 aliphatic rings. The smallest absolute Gasteiger partial charge is 0.338 e. The molecule has 0 unspecified atom stereocenters. The molecule has 9 heteroatoms. The van der Waals surface area contributed by atoms with Gasteiger partial charge in [0.1, 0.15) is 6.54 Å². The van der Waals surface area contributed by atoms with Gasteiger partial charge in [-0.1, -0.05) is 18.2 Å². The summed E-state index contributed by atoms with van der Waals surface area (Å²) in [4.78, 5) is 36.7. The summed E-state index contributed by atoms with van der Waals surface area (Å²) in [6, 6.07) is 14.7. The molecule has 0 spiro atoms. The fraction of sp³-hybridized carbons (Fsp3) is 0.200. The number of hydrogen-bond acceptors (Lipinski definition) is 7. The number of nitrogens with zero attached hydrogens (tertiary/aromatic N) is 2. The molecule has 0 aliphatic carbocycles. The highest BCUT2D eigenvalue weighted by Gasteiger charge is 2.19. The number of anilines is 1. The molecule has 29 heavy (non-hydrogen) atoms. The molecular weight excluding hydrogens is 378 g/mol. The number of esters is 1. The summed E-state index contributed by atoms with van der Waals surface area (Å²) in [7, 11) is 1.37. The Bertz CT molecular complexity index is 924. The highest BCUT2D eigenvalue weighted by Crippen LogP contribution is 2.28. The van der Waals surface area contributed by atoms with Gasteiger partial charge < -0.3 is 19.9 Å². The Morgan fingerprint density at radius 3 is 2.41 bits per heavy atom. The number of amides is 2. The molecule has 0 heterocycles. The van der Waals surface area contributed by atoms with Crippen molar-refractivity contribution in [2.45, 2.75) is 0 Å².